The molecule has 0 bridgehead atoms. The molecule has 0 aliphatic rings. The van der Waals surface area contributed by atoms with Crippen LogP contribution in [0.1, 0.15) is 52.5 Å². The molecular weight excluding hydrogens is 431 g/mol. The van der Waals surface area contributed by atoms with Gasteiger partial charge in [0.25, 0.3) is 0 Å². The normalized spacial score (nSPS) is 11.7. The molecule has 1 aromatic carbocycles. The van der Waals surface area contributed by atoms with Gasteiger partial charge in [-0.15, -0.1) is 24.0 Å². The second kappa shape index (κ2) is 11.2. The number of nitrogens with two attached hydrogens (primary N) is 1. The third-order valence-electron chi connectivity index (χ3n) is 3.11. The Hall–Kier alpha value is -1.51. The number of aliphatic imine (C=N–C) groups is 1. The van der Waals surface area contributed by atoms with E-state index >= 15 is 0 Å². The van der Waals surface area contributed by atoms with Crippen LogP contribution in [-0.4, -0.2) is 30.7 Å². The fourth-order valence-electron chi connectivity index (χ4n) is 1.95. The monoisotopic (exact) mass is 462 g/mol. The molecule has 1 aromatic rings. The first-order valence-corrected chi connectivity index (χ1v) is 8.31. The fraction of sp³-hybridized carbons (Fsp3) is 0.556. The predicted molar refractivity (Wildman–Crippen MR) is 115 cm³/mol. The van der Waals surface area contributed by atoms with Gasteiger partial charge < -0.3 is 21.1 Å². The summed E-state index contributed by atoms with van der Waals surface area (Å²) in [5, 5.41) is 5.77. The number of alkyl carbamates (subject to hydrolysis) is 1. The highest BCUT2D eigenvalue weighted by atomic mass is 127. The van der Waals surface area contributed by atoms with Crippen molar-refractivity contribution >= 4 is 41.7 Å². The zero-order valence-electron chi connectivity index (χ0n) is 15.8. The molecule has 0 unspecified atom stereocenters. The van der Waals surface area contributed by atoms with Crippen LogP contribution in [0.5, 0.6) is 0 Å². The number of anilines is 1. The first-order chi connectivity index (χ1) is 11.2. The minimum absolute atomic E-state index is 0. The Morgan fingerprint density at radius 2 is 2.00 bits per heavy atom. The zero-order chi connectivity index (χ0) is 18.2. The molecule has 0 radical (unpaired) electrons. The van der Waals surface area contributed by atoms with Crippen molar-refractivity contribution in [3.05, 3.63) is 29.8 Å². The summed E-state index contributed by atoms with van der Waals surface area (Å²) in [6, 6.07) is 8.11. The van der Waals surface area contributed by atoms with Crippen LogP contribution in [0, 0.1) is 0 Å². The van der Waals surface area contributed by atoms with Crippen molar-refractivity contribution in [1.82, 2.24) is 5.32 Å². The topological polar surface area (TPSA) is 88.7 Å². The zero-order valence-corrected chi connectivity index (χ0v) is 18.1. The van der Waals surface area contributed by atoms with Crippen molar-refractivity contribution < 1.29 is 9.53 Å². The van der Waals surface area contributed by atoms with E-state index in [2.05, 4.69) is 41.6 Å². The maximum atomic E-state index is 11.5. The van der Waals surface area contributed by atoms with Gasteiger partial charge in [0, 0.05) is 18.8 Å². The summed E-state index contributed by atoms with van der Waals surface area (Å²) in [5.74, 6) is 0.831. The van der Waals surface area contributed by atoms with Gasteiger partial charge in [0.2, 0.25) is 0 Å². The molecule has 25 heavy (non-hydrogen) atoms. The molecule has 4 N–H and O–H groups in total. The van der Waals surface area contributed by atoms with E-state index in [1.807, 2.05) is 32.9 Å². The highest BCUT2D eigenvalue weighted by molar-refractivity contribution is 14.0. The number of amides is 1. The summed E-state index contributed by atoms with van der Waals surface area (Å²) in [6.07, 6.45) is 0.274. The number of carbonyl (C=O) groups excluding carboxylic acids is 1. The second-order valence-corrected chi connectivity index (χ2v) is 6.95. The number of benzene rings is 1. The van der Waals surface area contributed by atoms with Gasteiger partial charge in [0.1, 0.15) is 5.60 Å². The summed E-state index contributed by atoms with van der Waals surface area (Å²) in [5.41, 5.74) is 7.57. The van der Waals surface area contributed by atoms with Gasteiger partial charge in [-0.2, -0.15) is 0 Å². The van der Waals surface area contributed by atoms with Gasteiger partial charge >= 0.3 is 6.09 Å². The van der Waals surface area contributed by atoms with Crippen molar-refractivity contribution in [3.63, 3.8) is 0 Å². The first kappa shape index (κ1) is 23.5. The van der Waals surface area contributed by atoms with E-state index in [0.717, 1.165) is 5.69 Å². The number of nitrogens with zero attached hydrogens (tertiary/aromatic N) is 1. The Morgan fingerprint density at radius 3 is 2.60 bits per heavy atom. The highest BCUT2D eigenvalue weighted by Crippen LogP contribution is 2.18. The number of guanidine groups is 1. The average Bonchev–Trinajstić information content (AvgIpc) is 2.45. The first-order valence-electron chi connectivity index (χ1n) is 8.31. The fourth-order valence-corrected chi connectivity index (χ4v) is 1.95. The van der Waals surface area contributed by atoms with E-state index in [-0.39, 0.29) is 24.0 Å². The minimum atomic E-state index is -0.485. The molecule has 1 rings (SSSR count). The van der Waals surface area contributed by atoms with Crippen molar-refractivity contribution in [2.45, 2.75) is 52.6 Å². The van der Waals surface area contributed by atoms with Crippen molar-refractivity contribution in [3.8, 4) is 0 Å². The smallest absolute Gasteiger partial charge is 0.407 e. The molecule has 6 nitrogen and oxygen atoms in total. The quantitative estimate of drug-likeness (QED) is 0.257. The lowest BCUT2D eigenvalue weighted by molar-refractivity contribution is 0.0527. The Morgan fingerprint density at radius 1 is 1.32 bits per heavy atom. The average molecular weight is 462 g/mol. The van der Waals surface area contributed by atoms with Gasteiger partial charge in [0.15, 0.2) is 5.96 Å². The van der Waals surface area contributed by atoms with Gasteiger partial charge in [-0.25, -0.2) is 4.79 Å². The Bertz CT molecular complexity index is 568. The third-order valence-corrected chi connectivity index (χ3v) is 3.11. The van der Waals surface area contributed by atoms with E-state index in [0.29, 0.717) is 31.4 Å². The molecule has 142 valence electrons. The number of halogens is 1. The molecule has 7 heteroatoms. The van der Waals surface area contributed by atoms with Gasteiger partial charge in [-0.05, 0) is 50.8 Å². The number of hydrogen-bond acceptors (Lipinski definition) is 3. The van der Waals surface area contributed by atoms with Gasteiger partial charge in [-0.1, -0.05) is 26.0 Å². The van der Waals surface area contributed by atoms with Crippen LogP contribution in [0.3, 0.4) is 0 Å². The molecule has 0 atom stereocenters. The molecule has 0 heterocycles. The van der Waals surface area contributed by atoms with E-state index < -0.39 is 11.7 Å². The number of rotatable bonds is 6. The van der Waals surface area contributed by atoms with Crippen molar-refractivity contribution in [2.75, 3.05) is 18.4 Å². The minimum Gasteiger partial charge on any atom is -0.444 e. The second-order valence-electron chi connectivity index (χ2n) is 6.95. The molecule has 0 fully saturated rings. The number of nitrogens with one attached hydrogen (secondary N) is 2. The third kappa shape index (κ3) is 10.9. The van der Waals surface area contributed by atoms with E-state index in [1.165, 1.54) is 5.56 Å². The van der Waals surface area contributed by atoms with Crippen LogP contribution in [0.2, 0.25) is 0 Å². The number of carbonyl (C=O) groups is 1. The van der Waals surface area contributed by atoms with Crippen LogP contribution in [0.4, 0.5) is 10.5 Å². The van der Waals surface area contributed by atoms with Crippen molar-refractivity contribution in [1.29, 1.82) is 0 Å². The summed E-state index contributed by atoms with van der Waals surface area (Å²) in [7, 11) is 0. The highest BCUT2D eigenvalue weighted by Gasteiger charge is 2.15. The maximum Gasteiger partial charge on any atom is 0.407 e. The number of hydrogen-bond donors (Lipinski definition) is 3. The van der Waals surface area contributed by atoms with Gasteiger partial charge in [-0.3, -0.25) is 4.99 Å². The van der Waals surface area contributed by atoms with E-state index in [4.69, 9.17) is 10.5 Å². The van der Waals surface area contributed by atoms with Crippen LogP contribution >= 0.6 is 24.0 Å². The van der Waals surface area contributed by atoms with Gasteiger partial charge in [0.05, 0.1) is 0 Å². The van der Waals surface area contributed by atoms with E-state index in [1.54, 1.807) is 0 Å². The largest absolute Gasteiger partial charge is 0.444 e. The van der Waals surface area contributed by atoms with Crippen molar-refractivity contribution in [2.24, 2.45) is 10.7 Å². The molecule has 0 aliphatic heterocycles. The Balaban J connectivity index is 0.00000576. The summed E-state index contributed by atoms with van der Waals surface area (Å²) < 4.78 is 5.15. The standard InChI is InChI=1S/C18H30N4O2.HI/c1-13(2)14-8-6-9-15(12-14)22-16(19)20-10-7-11-21-17(23)24-18(3,4)5;/h6,8-9,12-13H,7,10-11H2,1-5H3,(H,21,23)(H3,19,20,22);1H. The number of ether oxygens (including phenoxy) is 1. The molecule has 0 aliphatic carbocycles. The van der Waals surface area contributed by atoms with Crippen LogP contribution in [0.15, 0.2) is 29.3 Å². The van der Waals surface area contributed by atoms with Crippen LogP contribution < -0.4 is 16.4 Å². The summed E-state index contributed by atoms with van der Waals surface area (Å²) >= 11 is 0. The van der Waals surface area contributed by atoms with Crippen LogP contribution in [-0.2, 0) is 4.74 Å². The molecule has 0 aromatic heterocycles. The molecule has 1 amide bonds. The lowest BCUT2D eigenvalue weighted by Crippen LogP contribution is -2.33. The van der Waals surface area contributed by atoms with Crippen LogP contribution in [0.25, 0.3) is 0 Å². The molecular formula is C18H31IN4O2. The molecule has 0 saturated carbocycles. The van der Waals surface area contributed by atoms with E-state index in [9.17, 15) is 4.79 Å². The lowest BCUT2D eigenvalue weighted by atomic mass is 10.0. The summed E-state index contributed by atoms with van der Waals surface area (Å²) in [4.78, 5) is 15.7. The Kier molecular flexibility index (Phi) is 10.5. The summed E-state index contributed by atoms with van der Waals surface area (Å²) in [6.45, 7) is 10.8. The maximum absolute atomic E-state index is 11.5. The Labute approximate surface area is 168 Å². The molecule has 0 spiro atoms. The lowest BCUT2D eigenvalue weighted by Gasteiger charge is -2.19. The molecule has 0 saturated heterocycles. The SMILES string of the molecule is CC(C)c1cccc(NC(N)=NCCCNC(=O)OC(C)(C)C)c1.I. The predicted octanol–water partition coefficient (Wildman–Crippen LogP) is 4.07.